The van der Waals surface area contributed by atoms with Crippen LogP contribution in [0.5, 0.6) is 0 Å². The summed E-state index contributed by atoms with van der Waals surface area (Å²) in [5.74, 6) is -2.30. The zero-order chi connectivity index (χ0) is 25.1. The second-order valence-electron chi connectivity index (χ2n) is 7.76. The molecule has 35 heavy (non-hydrogen) atoms. The van der Waals surface area contributed by atoms with Gasteiger partial charge < -0.3 is 10.6 Å². The molecular formula is C25H19BrCl2N4O3. The molecule has 7 nitrogen and oxygen atoms in total. The Morgan fingerprint density at radius 2 is 1.66 bits per heavy atom. The van der Waals surface area contributed by atoms with E-state index in [0.717, 1.165) is 15.6 Å². The largest absolute Gasteiger partial charge is 0.344 e. The molecule has 3 N–H and O–H groups in total. The van der Waals surface area contributed by atoms with Gasteiger partial charge in [-0.15, -0.1) is 0 Å². The van der Waals surface area contributed by atoms with Gasteiger partial charge in [-0.25, -0.2) is 4.68 Å². The number of benzene rings is 3. The fraction of sp³-hybridized carbons (Fsp3) is 0.0800. The molecular weight excluding hydrogens is 555 g/mol. The Balaban J connectivity index is 1.57. The van der Waals surface area contributed by atoms with Crippen LogP contribution in [0.3, 0.4) is 0 Å². The number of carbonyl (C=O) groups excluding carboxylic acids is 3. The fourth-order valence-electron chi connectivity index (χ4n) is 3.37. The van der Waals surface area contributed by atoms with Gasteiger partial charge in [0.15, 0.2) is 0 Å². The number of anilines is 1. The van der Waals surface area contributed by atoms with Crippen molar-refractivity contribution < 1.29 is 14.4 Å². The summed E-state index contributed by atoms with van der Waals surface area (Å²) in [4.78, 5) is 38.3. The van der Waals surface area contributed by atoms with Crippen LogP contribution in [-0.4, -0.2) is 22.4 Å². The Labute approximate surface area is 219 Å². The van der Waals surface area contributed by atoms with Crippen LogP contribution in [0.4, 0.5) is 5.69 Å². The topological polar surface area (TPSA) is 92.2 Å². The van der Waals surface area contributed by atoms with Gasteiger partial charge in [0.2, 0.25) is 0 Å². The van der Waals surface area contributed by atoms with Gasteiger partial charge in [-0.2, -0.15) is 0 Å². The second-order valence-corrected chi connectivity index (χ2v) is 9.51. The first kappa shape index (κ1) is 24.8. The molecule has 0 aliphatic rings. The van der Waals surface area contributed by atoms with Crippen LogP contribution < -0.4 is 16.1 Å². The summed E-state index contributed by atoms with van der Waals surface area (Å²) in [5.41, 5.74) is 5.45. The van der Waals surface area contributed by atoms with Crippen molar-refractivity contribution in [3.63, 3.8) is 0 Å². The molecule has 0 fully saturated rings. The molecule has 3 amide bonds. The Kier molecular flexibility index (Phi) is 7.45. The van der Waals surface area contributed by atoms with E-state index in [1.54, 1.807) is 36.4 Å². The van der Waals surface area contributed by atoms with Crippen LogP contribution in [0, 0.1) is 6.92 Å². The van der Waals surface area contributed by atoms with E-state index < -0.39 is 17.7 Å². The minimum absolute atomic E-state index is 0.101. The van der Waals surface area contributed by atoms with Gasteiger partial charge in [0.25, 0.3) is 5.91 Å². The molecule has 10 heteroatoms. The van der Waals surface area contributed by atoms with Gasteiger partial charge in [0.1, 0.15) is 5.69 Å². The lowest BCUT2D eigenvalue weighted by atomic mass is 10.1. The van der Waals surface area contributed by atoms with Gasteiger partial charge in [0.05, 0.1) is 16.2 Å². The van der Waals surface area contributed by atoms with Gasteiger partial charge in [-0.05, 0) is 55.0 Å². The van der Waals surface area contributed by atoms with Crippen LogP contribution in [0.1, 0.15) is 21.6 Å². The number of halogens is 3. The lowest BCUT2D eigenvalue weighted by Gasteiger charge is -2.13. The van der Waals surface area contributed by atoms with Crippen molar-refractivity contribution in [3.8, 4) is 0 Å². The third-order valence-corrected chi connectivity index (χ3v) is 6.21. The number of nitrogens with one attached hydrogen (secondary N) is 3. The van der Waals surface area contributed by atoms with Gasteiger partial charge >= 0.3 is 11.8 Å². The smallest absolute Gasteiger partial charge is 0.328 e. The normalized spacial score (nSPS) is 10.7. The number of rotatable bonds is 5. The molecule has 0 atom stereocenters. The zero-order valence-electron chi connectivity index (χ0n) is 18.4. The maximum atomic E-state index is 13.1. The van der Waals surface area contributed by atoms with Crippen molar-refractivity contribution in [3.05, 3.63) is 98.1 Å². The van der Waals surface area contributed by atoms with Crippen molar-refractivity contribution >= 4 is 73.4 Å². The number of fused-ring (bicyclic) bond motifs is 1. The van der Waals surface area contributed by atoms with Crippen molar-refractivity contribution in [1.29, 1.82) is 0 Å². The highest BCUT2D eigenvalue weighted by Gasteiger charge is 2.21. The molecule has 0 saturated carbocycles. The van der Waals surface area contributed by atoms with Crippen LogP contribution in [0.25, 0.3) is 10.9 Å². The van der Waals surface area contributed by atoms with Crippen LogP contribution in [0.2, 0.25) is 10.0 Å². The van der Waals surface area contributed by atoms with E-state index >= 15 is 0 Å². The number of aromatic nitrogens is 1. The predicted molar refractivity (Wildman–Crippen MR) is 141 cm³/mol. The minimum Gasteiger partial charge on any atom is -0.344 e. The summed E-state index contributed by atoms with van der Waals surface area (Å²) >= 11 is 15.5. The van der Waals surface area contributed by atoms with Crippen molar-refractivity contribution in [1.82, 2.24) is 9.99 Å². The van der Waals surface area contributed by atoms with E-state index in [9.17, 15) is 14.4 Å². The molecule has 3 aromatic carbocycles. The highest BCUT2D eigenvalue weighted by atomic mass is 79.9. The summed E-state index contributed by atoms with van der Waals surface area (Å²) in [6.45, 7) is 2.15. The average molecular weight is 574 g/mol. The summed E-state index contributed by atoms with van der Waals surface area (Å²) in [6.07, 6.45) is 0. The molecule has 0 aliphatic heterocycles. The minimum atomic E-state index is -0.920. The monoisotopic (exact) mass is 572 g/mol. The zero-order valence-corrected chi connectivity index (χ0v) is 21.5. The number of amides is 3. The Morgan fingerprint density at radius 3 is 2.37 bits per heavy atom. The third kappa shape index (κ3) is 5.85. The van der Waals surface area contributed by atoms with E-state index in [2.05, 4.69) is 32.0 Å². The van der Waals surface area contributed by atoms with Gasteiger partial charge in [-0.1, -0.05) is 69.0 Å². The Hall–Kier alpha value is -3.33. The summed E-state index contributed by atoms with van der Waals surface area (Å²) in [7, 11) is 0. The number of carbonyl (C=O) groups is 3. The molecule has 0 bridgehead atoms. The van der Waals surface area contributed by atoms with Crippen molar-refractivity contribution in [2.24, 2.45) is 0 Å². The Morgan fingerprint density at radius 1 is 0.914 bits per heavy atom. The number of aryl methyl sites for hydroxylation is 1. The fourth-order valence-corrected chi connectivity index (χ4v) is 4.21. The summed E-state index contributed by atoms with van der Waals surface area (Å²) in [5, 5.41) is 6.66. The predicted octanol–water partition coefficient (Wildman–Crippen LogP) is 5.66. The van der Waals surface area contributed by atoms with Crippen LogP contribution >= 0.6 is 39.1 Å². The van der Waals surface area contributed by atoms with E-state index in [1.165, 1.54) is 10.7 Å². The number of hydrogen-bond donors (Lipinski definition) is 3. The summed E-state index contributed by atoms with van der Waals surface area (Å²) in [6, 6.07) is 19.1. The first-order chi connectivity index (χ1) is 16.7. The highest BCUT2D eigenvalue weighted by Crippen LogP contribution is 2.27. The molecule has 0 radical (unpaired) electrons. The molecule has 178 valence electrons. The maximum Gasteiger partial charge on any atom is 0.328 e. The molecule has 4 aromatic rings. The van der Waals surface area contributed by atoms with E-state index in [1.807, 2.05) is 31.2 Å². The van der Waals surface area contributed by atoms with E-state index in [0.29, 0.717) is 21.6 Å². The molecule has 0 unspecified atom stereocenters. The standard InChI is InChI=1S/C25H19BrCl2N4O3/c1-14-2-4-15(5-3-14)13-29-24(34)25(35)31-32-21-9-6-17(26)10-16(21)11-22(32)23(33)30-20-8-7-18(27)12-19(20)28/h2-12H,13H2,1H3,(H,29,34)(H,30,33)(H,31,35). The number of nitrogens with zero attached hydrogens (tertiary/aromatic N) is 1. The van der Waals surface area contributed by atoms with Gasteiger partial charge in [-0.3, -0.25) is 19.8 Å². The first-order valence-electron chi connectivity index (χ1n) is 10.4. The van der Waals surface area contributed by atoms with E-state index in [-0.39, 0.29) is 17.3 Å². The van der Waals surface area contributed by atoms with E-state index in [4.69, 9.17) is 23.2 Å². The highest BCUT2D eigenvalue weighted by molar-refractivity contribution is 9.10. The maximum absolute atomic E-state index is 13.1. The average Bonchev–Trinajstić information content (AvgIpc) is 3.17. The molecule has 0 spiro atoms. The molecule has 0 aliphatic carbocycles. The Bertz CT molecular complexity index is 1450. The second kappa shape index (κ2) is 10.5. The quantitative estimate of drug-likeness (QED) is 0.269. The van der Waals surface area contributed by atoms with Crippen molar-refractivity contribution in [2.45, 2.75) is 13.5 Å². The van der Waals surface area contributed by atoms with Crippen molar-refractivity contribution in [2.75, 3.05) is 10.7 Å². The molecule has 0 saturated heterocycles. The summed E-state index contributed by atoms with van der Waals surface area (Å²) < 4.78 is 2.06. The molecule has 1 aromatic heterocycles. The van der Waals surface area contributed by atoms with Crippen LogP contribution in [-0.2, 0) is 16.1 Å². The number of hydrogen-bond acceptors (Lipinski definition) is 3. The lowest BCUT2D eigenvalue weighted by Crippen LogP contribution is -2.39. The third-order valence-electron chi connectivity index (χ3n) is 5.17. The lowest BCUT2D eigenvalue weighted by molar-refractivity contribution is -0.136. The van der Waals surface area contributed by atoms with Gasteiger partial charge in [0, 0.05) is 21.4 Å². The SMILES string of the molecule is Cc1ccc(CNC(=O)C(=O)Nn2c(C(=O)Nc3ccc(Cl)cc3Cl)cc3cc(Br)ccc32)cc1. The molecule has 1 heterocycles. The van der Waals surface area contributed by atoms with Crippen LogP contribution in [0.15, 0.2) is 71.2 Å². The first-order valence-corrected chi connectivity index (χ1v) is 12.0. The molecule has 4 rings (SSSR count).